The Morgan fingerprint density at radius 1 is 1.16 bits per heavy atom. The lowest BCUT2D eigenvalue weighted by Gasteiger charge is -2.25. The molecule has 9 nitrogen and oxygen atoms in total. The summed E-state index contributed by atoms with van der Waals surface area (Å²) in [7, 11) is -3.76. The van der Waals surface area contributed by atoms with E-state index >= 15 is 0 Å². The minimum Gasteiger partial charge on any atom is -0.462 e. The fourth-order valence-electron chi connectivity index (χ4n) is 3.40. The van der Waals surface area contributed by atoms with Gasteiger partial charge in [0.15, 0.2) is 0 Å². The largest absolute Gasteiger partial charge is 0.462 e. The average Bonchev–Trinajstić information content (AvgIpc) is 2.65. The maximum Gasteiger partial charge on any atom is 0.449 e. The molecule has 0 aliphatic carbocycles. The first kappa shape index (κ1) is 25.8. The lowest BCUT2D eigenvalue weighted by molar-refractivity contribution is -0.384. The Morgan fingerprint density at radius 2 is 1.75 bits per heavy atom. The van der Waals surface area contributed by atoms with Gasteiger partial charge in [0.2, 0.25) is 5.30 Å². The zero-order valence-electron chi connectivity index (χ0n) is 19.4. The van der Waals surface area contributed by atoms with Crippen LogP contribution in [0.1, 0.15) is 56.4 Å². The molecule has 0 bridgehead atoms. The molecule has 174 valence electrons. The maximum absolute atomic E-state index is 13.0. The van der Waals surface area contributed by atoms with Gasteiger partial charge in [-0.2, -0.15) is 13.9 Å². The summed E-state index contributed by atoms with van der Waals surface area (Å²) in [5, 5.41) is 11.6. The van der Waals surface area contributed by atoms with Crippen LogP contribution in [0.25, 0.3) is 11.1 Å². The van der Waals surface area contributed by atoms with Gasteiger partial charge >= 0.3 is 13.9 Å². The van der Waals surface area contributed by atoms with Crippen molar-refractivity contribution in [2.24, 2.45) is 0 Å². The number of esters is 1. The summed E-state index contributed by atoms with van der Waals surface area (Å²) in [6, 6.07) is 5.84. The molecule has 2 aromatic rings. The van der Waals surface area contributed by atoms with Crippen LogP contribution in [0.15, 0.2) is 24.3 Å². The molecule has 0 radical (unpaired) electrons. The third kappa shape index (κ3) is 5.66. The number of hydrogen-bond donors (Lipinski definition) is 1. The third-order valence-electron chi connectivity index (χ3n) is 4.34. The Kier molecular flexibility index (Phi) is 8.42. The average molecular weight is 465 g/mol. The third-order valence-corrected chi connectivity index (χ3v) is 6.87. The fourth-order valence-corrected chi connectivity index (χ4v) is 5.78. The maximum atomic E-state index is 13.0. The van der Waals surface area contributed by atoms with Crippen LogP contribution in [0, 0.1) is 24.0 Å². The zero-order valence-corrected chi connectivity index (χ0v) is 20.3. The van der Waals surface area contributed by atoms with E-state index in [1.165, 1.54) is 18.2 Å². The molecule has 0 spiro atoms. The summed E-state index contributed by atoms with van der Waals surface area (Å²) in [5.41, 5.74) is 1.32. The van der Waals surface area contributed by atoms with Crippen LogP contribution in [0.3, 0.4) is 0 Å². The highest BCUT2D eigenvalue weighted by molar-refractivity contribution is 7.69. The van der Waals surface area contributed by atoms with Crippen molar-refractivity contribution in [1.29, 1.82) is 0 Å². The van der Waals surface area contributed by atoms with Crippen molar-refractivity contribution in [3.05, 3.63) is 51.3 Å². The molecule has 0 aliphatic rings. The van der Waals surface area contributed by atoms with Crippen LogP contribution in [-0.2, 0) is 13.8 Å². The van der Waals surface area contributed by atoms with E-state index in [0.29, 0.717) is 17.0 Å². The number of benzene rings is 1. The number of hydrogen-bond acceptors (Lipinski definition) is 8. The summed E-state index contributed by atoms with van der Waals surface area (Å²) in [4.78, 5) is 40.0. The van der Waals surface area contributed by atoms with E-state index in [4.69, 9.17) is 13.8 Å². The molecule has 0 saturated carbocycles. The van der Waals surface area contributed by atoms with Crippen LogP contribution in [0.2, 0.25) is 0 Å². The molecule has 0 aliphatic heterocycles. The quantitative estimate of drug-likeness (QED) is 0.245. The number of ether oxygens (including phenoxy) is 1. The van der Waals surface area contributed by atoms with E-state index in [9.17, 15) is 19.8 Å². The minimum absolute atomic E-state index is 0.103. The number of aryl methyl sites for hydroxylation is 2. The van der Waals surface area contributed by atoms with Gasteiger partial charge in [0.25, 0.3) is 5.69 Å². The number of nitro groups is 1. The van der Waals surface area contributed by atoms with Crippen molar-refractivity contribution >= 4 is 24.9 Å². The van der Waals surface area contributed by atoms with Crippen molar-refractivity contribution in [3.8, 4) is 11.1 Å². The van der Waals surface area contributed by atoms with E-state index in [1.807, 2.05) is 0 Å². The van der Waals surface area contributed by atoms with Gasteiger partial charge in [0, 0.05) is 12.1 Å². The molecule has 2 rings (SSSR count). The molecule has 1 aromatic carbocycles. The van der Waals surface area contributed by atoms with Gasteiger partial charge in [-0.15, -0.1) is 0 Å². The Hall–Kier alpha value is -2.45. The van der Waals surface area contributed by atoms with Gasteiger partial charge in [-0.25, -0.2) is 4.79 Å². The van der Waals surface area contributed by atoms with Gasteiger partial charge in [-0.1, -0.05) is 12.1 Å². The lowest BCUT2D eigenvalue weighted by atomic mass is 9.97. The van der Waals surface area contributed by atoms with E-state index < -0.39 is 31.0 Å². The first-order valence-electron chi connectivity index (χ1n) is 10.3. The van der Waals surface area contributed by atoms with Gasteiger partial charge in [-0.05, 0) is 54.0 Å². The smallest absolute Gasteiger partial charge is 0.449 e. The van der Waals surface area contributed by atoms with Crippen LogP contribution >= 0.6 is 7.94 Å². The lowest BCUT2D eigenvalue weighted by Crippen LogP contribution is -2.29. The number of non-ortho nitro benzene ring substituents is 1. The monoisotopic (exact) mass is 465 g/mol. The number of carbonyl (C=O) groups excluding carboxylic acids is 1. The van der Waals surface area contributed by atoms with Crippen LogP contribution in [0.4, 0.5) is 5.69 Å². The molecule has 0 fully saturated rings. The highest BCUT2D eigenvalue weighted by atomic mass is 31.2. The summed E-state index contributed by atoms with van der Waals surface area (Å²) in [6.07, 6.45) is -0.812. The Morgan fingerprint density at radius 3 is 2.25 bits per heavy atom. The minimum atomic E-state index is -3.76. The predicted molar refractivity (Wildman–Crippen MR) is 123 cm³/mol. The molecule has 10 heteroatoms. The summed E-state index contributed by atoms with van der Waals surface area (Å²) < 4.78 is 17.1. The van der Waals surface area contributed by atoms with Gasteiger partial charge in [0.05, 0.1) is 34.0 Å². The number of carbonyl (C=O) groups is 1. The summed E-state index contributed by atoms with van der Waals surface area (Å²) in [6.45, 7) is 12.1. The van der Waals surface area contributed by atoms with Crippen LogP contribution in [0.5, 0.6) is 0 Å². The van der Waals surface area contributed by atoms with Crippen molar-refractivity contribution in [1.82, 2.24) is 4.98 Å². The second-order valence-electron chi connectivity index (χ2n) is 7.74. The molecule has 32 heavy (non-hydrogen) atoms. The van der Waals surface area contributed by atoms with Crippen LogP contribution < -0.4 is 5.30 Å². The van der Waals surface area contributed by atoms with Gasteiger partial charge in [0.1, 0.15) is 12.2 Å². The number of nitro benzene ring substituents is 1. The van der Waals surface area contributed by atoms with Crippen LogP contribution in [-0.4, -0.2) is 39.6 Å². The molecule has 0 amide bonds. The molecular formula is C22H30N2O7P+. The molecule has 0 saturated heterocycles. The topological polar surface area (TPSA) is 121 Å². The highest BCUT2D eigenvalue weighted by Crippen LogP contribution is 2.60. The molecule has 0 atom stereocenters. The first-order chi connectivity index (χ1) is 14.9. The SMILES string of the molecule is CCOC(=O)c1c(C)nc(C)c([P+](O)(OC(C)C)OC(C)C)c1-c1cccc([N+](=O)[O-])c1. The molecule has 1 aromatic heterocycles. The van der Waals surface area contributed by atoms with E-state index in [1.54, 1.807) is 54.5 Å². The first-order valence-corrected chi connectivity index (χ1v) is 11.9. The van der Waals surface area contributed by atoms with E-state index in [0.717, 1.165) is 0 Å². The van der Waals surface area contributed by atoms with E-state index in [2.05, 4.69) is 4.98 Å². The van der Waals surface area contributed by atoms with E-state index in [-0.39, 0.29) is 28.7 Å². The number of nitrogens with zero attached hydrogens (tertiary/aromatic N) is 2. The highest BCUT2D eigenvalue weighted by Gasteiger charge is 2.52. The standard InChI is InChI=1S/C22H30N2O7P/c1-8-29-22(25)19-15(6)23-16(7)21(32(28,30-13(2)3)31-14(4)5)20(19)17-10-9-11-18(12-17)24(26)27/h9-14,28H,8H2,1-7H3/q+1. The van der Waals surface area contributed by atoms with Crippen molar-refractivity contribution in [3.63, 3.8) is 0 Å². The fraction of sp³-hybridized carbons (Fsp3) is 0.455. The number of pyridine rings is 1. The number of rotatable bonds is 9. The van der Waals surface area contributed by atoms with Gasteiger partial charge in [-0.3, -0.25) is 15.1 Å². The molecule has 1 N–H and O–H groups in total. The summed E-state index contributed by atoms with van der Waals surface area (Å²) in [5.74, 6) is -0.652. The van der Waals surface area contributed by atoms with Gasteiger partial charge < -0.3 is 4.74 Å². The van der Waals surface area contributed by atoms with Crippen molar-refractivity contribution < 1.29 is 28.4 Å². The Bertz CT molecular complexity index is 998. The number of aromatic nitrogens is 1. The van der Waals surface area contributed by atoms with Crippen molar-refractivity contribution in [2.45, 2.75) is 60.7 Å². The summed E-state index contributed by atoms with van der Waals surface area (Å²) >= 11 is 0. The zero-order chi connectivity index (χ0) is 24.2. The normalized spacial score (nSPS) is 11.8. The molecule has 0 unspecified atom stereocenters. The molecule has 1 heterocycles. The predicted octanol–water partition coefficient (Wildman–Crippen LogP) is 4.68. The Labute approximate surface area is 188 Å². The molecular weight excluding hydrogens is 435 g/mol. The second-order valence-corrected chi connectivity index (χ2v) is 9.65. The second kappa shape index (κ2) is 10.4. The van der Waals surface area contributed by atoms with Crippen molar-refractivity contribution in [2.75, 3.05) is 6.61 Å². The Balaban J connectivity index is 3.01.